The Labute approximate surface area is 129 Å². The Morgan fingerprint density at radius 1 is 1.10 bits per heavy atom. The topological polar surface area (TPSA) is 50.7 Å². The van der Waals surface area contributed by atoms with Crippen molar-refractivity contribution < 1.29 is 14.6 Å². The minimum atomic E-state index is 0.00197. The Morgan fingerprint density at radius 2 is 1.71 bits per heavy atom. The number of halogens is 1. The summed E-state index contributed by atoms with van der Waals surface area (Å²) in [5.74, 6) is 0.767. The van der Waals surface area contributed by atoms with Gasteiger partial charge in [0.25, 0.3) is 0 Å². The summed E-state index contributed by atoms with van der Waals surface area (Å²) in [6.07, 6.45) is 0. The average molecular weight is 308 g/mol. The third-order valence-electron chi connectivity index (χ3n) is 3.21. The SMILES string of the molecule is COc1cc(CNc2ccc(C)c(Cl)c2)cc(OC)c1O. The van der Waals surface area contributed by atoms with Crippen LogP contribution in [0.1, 0.15) is 11.1 Å². The Kier molecular flexibility index (Phi) is 4.81. The number of hydrogen-bond donors (Lipinski definition) is 2. The summed E-state index contributed by atoms with van der Waals surface area (Å²) in [5.41, 5.74) is 2.89. The molecule has 0 amide bonds. The van der Waals surface area contributed by atoms with Crippen molar-refractivity contribution in [3.63, 3.8) is 0 Å². The molecule has 0 heterocycles. The second-order valence-electron chi connectivity index (χ2n) is 4.67. The van der Waals surface area contributed by atoms with Crippen molar-refractivity contribution in [1.29, 1.82) is 0 Å². The van der Waals surface area contributed by atoms with E-state index in [2.05, 4.69) is 5.32 Å². The van der Waals surface area contributed by atoms with Gasteiger partial charge in [-0.25, -0.2) is 0 Å². The molecule has 4 nitrogen and oxygen atoms in total. The van der Waals surface area contributed by atoms with Gasteiger partial charge in [-0.1, -0.05) is 17.7 Å². The second kappa shape index (κ2) is 6.59. The van der Waals surface area contributed by atoms with Crippen LogP contribution in [0, 0.1) is 6.92 Å². The molecule has 0 fully saturated rings. The van der Waals surface area contributed by atoms with E-state index >= 15 is 0 Å². The van der Waals surface area contributed by atoms with Gasteiger partial charge in [0.05, 0.1) is 14.2 Å². The van der Waals surface area contributed by atoms with Crippen LogP contribution >= 0.6 is 11.6 Å². The summed E-state index contributed by atoms with van der Waals surface area (Å²) in [4.78, 5) is 0. The number of phenolic OH excluding ortho intramolecular Hbond substituents is 1. The lowest BCUT2D eigenvalue weighted by atomic mass is 10.1. The number of anilines is 1. The van der Waals surface area contributed by atoms with E-state index in [0.29, 0.717) is 18.0 Å². The van der Waals surface area contributed by atoms with Gasteiger partial charge in [0, 0.05) is 17.3 Å². The van der Waals surface area contributed by atoms with Gasteiger partial charge >= 0.3 is 0 Å². The minimum absolute atomic E-state index is 0.00197. The zero-order chi connectivity index (χ0) is 15.4. The molecule has 0 saturated heterocycles. The number of ether oxygens (including phenoxy) is 2. The van der Waals surface area contributed by atoms with Gasteiger partial charge in [-0.3, -0.25) is 0 Å². The van der Waals surface area contributed by atoms with Gasteiger partial charge in [-0.15, -0.1) is 0 Å². The molecule has 2 aromatic rings. The number of nitrogens with one attached hydrogen (secondary N) is 1. The molecule has 112 valence electrons. The van der Waals surface area contributed by atoms with Crippen molar-refractivity contribution >= 4 is 17.3 Å². The summed E-state index contributed by atoms with van der Waals surface area (Å²) in [6.45, 7) is 2.52. The number of rotatable bonds is 5. The summed E-state index contributed by atoms with van der Waals surface area (Å²) >= 11 is 6.10. The molecule has 0 aromatic heterocycles. The van der Waals surface area contributed by atoms with Gasteiger partial charge in [0.15, 0.2) is 11.5 Å². The first-order valence-corrected chi connectivity index (χ1v) is 6.87. The number of aromatic hydroxyl groups is 1. The second-order valence-corrected chi connectivity index (χ2v) is 5.07. The van der Waals surface area contributed by atoms with Crippen LogP contribution in [0.5, 0.6) is 17.2 Å². The molecule has 0 unspecified atom stereocenters. The minimum Gasteiger partial charge on any atom is -0.502 e. The van der Waals surface area contributed by atoms with Crippen molar-refractivity contribution in [2.75, 3.05) is 19.5 Å². The van der Waals surface area contributed by atoms with Crippen LogP contribution < -0.4 is 14.8 Å². The average Bonchev–Trinajstić information content (AvgIpc) is 2.49. The zero-order valence-corrected chi connectivity index (χ0v) is 13.0. The van der Waals surface area contributed by atoms with E-state index in [-0.39, 0.29) is 5.75 Å². The van der Waals surface area contributed by atoms with E-state index in [4.69, 9.17) is 21.1 Å². The fraction of sp³-hybridized carbons (Fsp3) is 0.250. The van der Waals surface area contributed by atoms with E-state index < -0.39 is 0 Å². The first-order chi connectivity index (χ1) is 10.0. The fourth-order valence-electron chi connectivity index (χ4n) is 1.96. The van der Waals surface area contributed by atoms with Gasteiger partial charge in [-0.05, 0) is 42.3 Å². The molecule has 0 saturated carbocycles. The van der Waals surface area contributed by atoms with Crippen molar-refractivity contribution in [3.8, 4) is 17.2 Å². The van der Waals surface area contributed by atoms with Gasteiger partial charge in [0.1, 0.15) is 0 Å². The standard InChI is InChI=1S/C16H18ClNO3/c1-10-4-5-12(8-13(10)17)18-9-11-6-14(20-2)16(19)15(7-11)21-3/h4-8,18-19H,9H2,1-3H3. The smallest absolute Gasteiger partial charge is 0.200 e. The molecule has 5 heteroatoms. The molecular formula is C16H18ClNO3. The highest BCUT2D eigenvalue weighted by Crippen LogP contribution is 2.37. The molecule has 21 heavy (non-hydrogen) atoms. The van der Waals surface area contributed by atoms with E-state index in [1.807, 2.05) is 25.1 Å². The fourth-order valence-corrected chi connectivity index (χ4v) is 2.14. The first kappa shape index (κ1) is 15.3. The maximum Gasteiger partial charge on any atom is 0.200 e. The van der Waals surface area contributed by atoms with Crippen molar-refractivity contribution in [2.24, 2.45) is 0 Å². The summed E-state index contributed by atoms with van der Waals surface area (Å²) < 4.78 is 10.3. The number of benzene rings is 2. The highest BCUT2D eigenvalue weighted by Gasteiger charge is 2.11. The van der Waals surface area contributed by atoms with Crippen LogP contribution in [0.2, 0.25) is 5.02 Å². The molecule has 0 spiro atoms. The lowest BCUT2D eigenvalue weighted by Crippen LogP contribution is -2.01. The van der Waals surface area contributed by atoms with Crippen LogP contribution in [-0.2, 0) is 6.54 Å². The van der Waals surface area contributed by atoms with Crippen molar-refractivity contribution in [1.82, 2.24) is 0 Å². The third kappa shape index (κ3) is 3.52. The molecule has 0 atom stereocenters. The predicted molar refractivity (Wildman–Crippen MR) is 84.7 cm³/mol. The van der Waals surface area contributed by atoms with E-state index in [1.54, 1.807) is 12.1 Å². The summed E-state index contributed by atoms with van der Waals surface area (Å²) in [7, 11) is 3.01. The first-order valence-electron chi connectivity index (χ1n) is 6.49. The quantitative estimate of drug-likeness (QED) is 0.877. The lowest BCUT2D eigenvalue weighted by molar-refractivity contribution is 0.339. The molecule has 0 aliphatic heterocycles. The molecule has 0 aliphatic carbocycles. The zero-order valence-electron chi connectivity index (χ0n) is 12.2. The molecule has 0 radical (unpaired) electrons. The summed E-state index contributed by atoms with van der Waals surface area (Å²) in [5, 5.41) is 13.9. The predicted octanol–water partition coefficient (Wildman–Crippen LogP) is 3.98. The Bertz CT molecular complexity index is 618. The maximum absolute atomic E-state index is 9.88. The van der Waals surface area contributed by atoms with Gasteiger partial charge in [0.2, 0.25) is 5.75 Å². The van der Waals surface area contributed by atoms with E-state index in [9.17, 15) is 5.11 Å². The van der Waals surface area contributed by atoms with Gasteiger partial charge < -0.3 is 19.9 Å². The van der Waals surface area contributed by atoms with E-state index in [1.165, 1.54) is 14.2 Å². The molecule has 2 N–H and O–H groups in total. The number of hydrogen-bond acceptors (Lipinski definition) is 4. The molecule has 0 bridgehead atoms. The van der Waals surface area contributed by atoms with Crippen LogP contribution in [0.25, 0.3) is 0 Å². The number of aryl methyl sites for hydroxylation is 1. The summed E-state index contributed by atoms with van der Waals surface area (Å²) in [6, 6.07) is 9.34. The Balaban J connectivity index is 2.17. The van der Waals surface area contributed by atoms with E-state index in [0.717, 1.165) is 21.8 Å². The molecule has 0 aliphatic rings. The highest BCUT2D eigenvalue weighted by molar-refractivity contribution is 6.31. The number of phenols is 1. The monoisotopic (exact) mass is 307 g/mol. The number of methoxy groups -OCH3 is 2. The normalized spacial score (nSPS) is 10.3. The molecule has 2 rings (SSSR count). The van der Waals surface area contributed by atoms with Crippen LogP contribution in [0.4, 0.5) is 5.69 Å². The highest BCUT2D eigenvalue weighted by atomic mass is 35.5. The van der Waals surface area contributed by atoms with Crippen molar-refractivity contribution in [2.45, 2.75) is 13.5 Å². The maximum atomic E-state index is 9.88. The van der Waals surface area contributed by atoms with Crippen LogP contribution in [-0.4, -0.2) is 19.3 Å². The van der Waals surface area contributed by atoms with Crippen molar-refractivity contribution in [3.05, 3.63) is 46.5 Å². The van der Waals surface area contributed by atoms with Crippen LogP contribution in [0.3, 0.4) is 0 Å². The largest absolute Gasteiger partial charge is 0.502 e. The van der Waals surface area contributed by atoms with Crippen LogP contribution in [0.15, 0.2) is 30.3 Å². The lowest BCUT2D eigenvalue weighted by Gasteiger charge is -2.13. The molecule has 2 aromatic carbocycles. The Morgan fingerprint density at radius 3 is 2.24 bits per heavy atom. The van der Waals surface area contributed by atoms with Gasteiger partial charge in [-0.2, -0.15) is 0 Å². The molecular weight excluding hydrogens is 290 g/mol. The Hall–Kier alpha value is -2.07. The third-order valence-corrected chi connectivity index (χ3v) is 3.62.